The summed E-state index contributed by atoms with van der Waals surface area (Å²) < 4.78 is 2.15. The molecule has 0 aromatic heterocycles. The molecule has 0 nitrogen and oxygen atoms in total. The third-order valence-corrected chi connectivity index (χ3v) is 4.90. The summed E-state index contributed by atoms with van der Waals surface area (Å²) >= 11 is 7.07. The summed E-state index contributed by atoms with van der Waals surface area (Å²) in [5.41, 5.74) is 2.49. The molecule has 0 aliphatic rings. The normalized spacial score (nSPS) is 10.8. The summed E-state index contributed by atoms with van der Waals surface area (Å²) in [6, 6.07) is 21.2. The van der Waals surface area contributed by atoms with Gasteiger partial charge in [-0.25, -0.2) is 0 Å². The second kappa shape index (κ2) is 4.87. The standard InChI is InChI=1S/C16H10Br2/c17-15-9-8-12(10-16(15)18)14-7-3-5-11-4-1-2-6-13(11)14/h1-10H. The molecule has 3 aromatic carbocycles. The summed E-state index contributed by atoms with van der Waals surface area (Å²) in [4.78, 5) is 0. The molecule has 0 aliphatic carbocycles. The summed E-state index contributed by atoms with van der Waals surface area (Å²) in [6.45, 7) is 0. The van der Waals surface area contributed by atoms with E-state index in [0.29, 0.717) is 0 Å². The number of benzene rings is 3. The largest absolute Gasteiger partial charge is 0.0616 e. The van der Waals surface area contributed by atoms with E-state index in [-0.39, 0.29) is 0 Å². The smallest absolute Gasteiger partial charge is 0.0323 e. The lowest BCUT2D eigenvalue weighted by Gasteiger charge is -2.08. The van der Waals surface area contributed by atoms with Gasteiger partial charge in [0.2, 0.25) is 0 Å². The van der Waals surface area contributed by atoms with Crippen molar-refractivity contribution in [3.8, 4) is 11.1 Å². The van der Waals surface area contributed by atoms with Crippen LogP contribution in [0.5, 0.6) is 0 Å². The first-order valence-electron chi connectivity index (χ1n) is 5.69. The summed E-state index contributed by atoms with van der Waals surface area (Å²) in [7, 11) is 0. The van der Waals surface area contributed by atoms with Crippen LogP contribution in [0.4, 0.5) is 0 Å². The van der Waals surface area contributed by atoms with Crippen molar-refractivity contribution in [2.75, 3.05) is 0 Å². The fraction of sp³-hybridized carbons (Fsp3) is 0. The highest BCUT2D eigenvalue weighted by molar-refractivity contribution is 9.13. The van der Waals surface area contributed by atoms with Gasteiger partial charge in [0.05, 0.1) is 0 Å². The molecule has 0 unspecified atom stereocenters. The lowest BCUT2D eigenvalue weighted by Crippen LogP contribution is -1.81. The summed E-state index contributed by atoms with van der Waals surface area (Å²) in [5, 5.41) is 2.56. The molecule has 0 N–H and O–H groups in total. The SMILES string of the molecule is Brc1ccc(-c2cccc3ccccc23)cc1Br. The fourth-order valence-corrected chi connectivity index (χ4v) is 2.77. The van der Waals surface area contributed by atoms with Gasteiger partial charge < -0.3 is 0 Å². The maximum Gasteiger partial charge on any atom is 0.0323 e. The minimum Gasteiger partial charge on any atom is -0.0616 e. The van der Waals surface area contributed by atoms with Gasteiger partial charge in [0.1, 0.15) is 0 Å². The Hall–Kier alpha value is -1.12. The molecule has 88 valence electrons. The number of fused-ring (bicyclic) bond motifs is 1. The van der Waals surface area contributed by atoms with Crippen molar-refractivity contribution in [3.63, 3.8) is 0 Å². The molecule has 3 aromatic rings. The van der Waals surface area contributed by atoms with Crippen molar-refractivity contribution < 1.29 is 0 Å². The molecular formula is C16H10Br2. The molecule has 0 bridgehead atoms. The first kappa shape index (κ1) is 11.9. The Morgan fingerprint density at radius 3 is 2.28 bits per heavy atom. The van der Waals surface area contributed by atoms with Gasteiger partial charge in [-0.3, -0.25) is 0 Å². The molecule has 0 atom stereocenters. The molecule has 18 heavy (non-hydrogen) atoms. The van der Waals surface area contributed by atoms with E-state index in [2.05, 4.69) is 92.5 Å². The highest BCUT2D eigenvalue weighted by Crippen LogP contribution is 2.32. The second-order valence-electron chi connectivity index (χ2n) is 4.16. The van der Waals surface area contributed by atoms with E-state index < -0.39 is 0 Å². The quantitative estimate of drug-likeness (QED) is 0.496. The Kier molecular flexibility index (Phi) is 3.23. The maximum absolute atomic E-state index is 3.56. The highest BCUT2D eigenvalue weighted by Gasteiger charge is 2.05. The second-order valence-corrected chi connectivity index (χ2v) is 5.86. The van der Waals surface area contributed by atoms with Gasteiger partial charge in [0.15, 0.2) is 0 Å². The van der Waals surface area contributed by atoms with Crippen LogP contribution in [0.15, 0.2) is 69.6 Å². The van der Waals surface area contributed by atoms with Crippen LogP contribution in [-0.2, 0) is 0 Å². The number of hydrogen-bond donors (Lipinski definition) is 0. The van der Waals surface area contributed by atoms with Crippen LogP contribution < -0.4 is 0 Å². The van der Waals surface area contributed by atoms with Gasteiger partial charge in [-0.1, -0.05) is 48.5 Å². The van der Waals surface area contributed by atoms with Crippen molar-refractivity contribution in [1.82, 2.24) is 0 Å². The number of halogens is 2. The van der Waals surface area contributed by atoms with Crippen LogP contribution in [-0.4, -0.2) is 0 Å². The van der Waals surface area contributed by atoms with E-state index >= 15 is 0 Å². The van der Waals surface area contributed by atoms with Crippen LogP contribution in [0, 0.1) is 0 Å². The molecule has 0 saturated carbocycles. The lowest BCUT2D eigenvalue weighted by molar-refractivity contribution is 1.57. The van der Waals surface area contributed by atoms with Crippen LogP contribution in [0.2, 0.25) is 0 Å². The zero-order chi connectivity index (χ0) is 12.5. The Bertz CT molecular complexity index is 712. The molecule has 0 radical (unpaired) electrons. The summed E-state index contributed by atoms with van der Waals surface area (Å²) in [6.07, 6.45) is 0. The van der Waals surface area contributed by atoms with E-state index in [1.165, 1.54) is 21.9 Å². The minimum absolute atomic E-state index is 1.08. The molecule has 2 heteroatoms. The molecule has 0 spiro atoms. The highest BCUT2D eigenvalue weighted by atomic mass is 79.9. The van der Waals surface area contributed by atoms with Crippen LogP contribution in [0.3, 0.4) is 0 Å². The third kappa shape index (κ3) is 2.11. The fourth-order valence-electron chi connectivity index (χ4n) is 2.14. The number of hydrogen-bond acceptors (Lipinski definition) is 0. The van der Waals surface area contributed by atoms with Crippen LogP contribution >= 0.6 is 31.9 Å². The van der Waals surface area contributed by atoms with E-state index in [1.807, 2.05) is 0 Å². The van der Waals surface area contributed by atoms with Gasteiger partial charge in [-0.2, -0.15) is 0 Å². The predicted octanol–water partition coefficient (Wildman–Crippen LogP) is 6.03. The van der Waals surface area contributed by atoms with Crippen molar-refractivity contribution in [2.24, 2.45) is 0 Å². The van der Waals surface area contributed by atoms with Gasteiger partial charge in [-0.05, 0) is 65.9 Å². The molecule has 3 rings (SSSR count). The average molecular weight is 362 g/mol. The molecule has 0 amide bonds. The first-order valence-corrected chi connectivity index (χ1v) is 7.27. The Balaban J connectivity index is 2.28. The topological polar surface area (TPSA) is 0 Å². The molecule has 0 heterocycles. The van der Waals surface area contributed by atoms with E-state index in [1.54, 1.807) is 0 Å². The van der Waals surface area contributed by atoms with Crippen LogP contribution in [0.1, 0.15) is 0 Å². The zero-order valence-electron chi connectivity index (χ0n) is 9.53. The van der Waals surface area contributed by atoms with Gasteiger partial charge in [0, 0.05) is 8.95 Å². The summed E-state index contributed by atoms with van der Waals surface area (Å²) in [5.74, 6) is 0. The molecular weight excluding hydrogens is 352 g/mol. The monoisotopic (exact) mass is 360 g/mol. The van der Waals surface area contributed by atoms with Crippen molar-refractivity contribution in [2.45, 2.75) is 0 Å². The number of rotatable bonds is 1. The van der Waals surface area contributed by atoms with Crippen LogP contribution in [0.25, 0.3) is 21.9 Å². The zero-order valence-corrected chi connectivity index (χ0v) is 12.7. The van der Waals surface area contributed by atoms with Crippen molar-refractivity contribution in [1.29, 1.82) is 0 Å². The molecule has 0 fully saturated rings. The Morgan fingerprint density at radius 1 is 0.667 bits per heavy atom. The average Bonchev–Trinajstić information content (AvgIpc) is 2.41. The van der Waals surface area contributed by atoms with E-state index in [0.717, 1.165) is 8.95 Å². The van der Waals surface area contributed by atoms with Crippen molar-refractivity contribution in [3.05, 3.63) is 69.6 Å². The lowest BCUT2D eigenvalue weighted by atomic mass is 9.98. The predicted molar refractivity (Wildman–Crippen MR) is 84.8 cm³/mol. The van der Waals surface area contributed by atoms with Crippen molar-refractivity contribution >= 4 is 42.6 Å². The minimum atomic E-state index is 1.08. The Labute approximate surface area is 123 Å². The van der Waals surface area contributed by atoms with Gasteiger partial charge in [-0.15, -0.1) is 0 Å². The molecule has 0 aliphatic heterocycles. The van der Waals surface area contributed by atoms with Gasteiger partial charge in [0.25, 0.3) is 0 Å². The van der Waals surface area contributed by atoms with E-state index in [4.69, 9.17) is 0 Å². The first-order chi connectivity index (χ1) is 8.75. The third-order valence-electron chi connectivity index (χ3n) is 3.02. The molecule has 0 saturated heterocycles. The van der Waals surface area contributed by atoms with Gasteiger partial charge >= 0.3 is 0 Å². The van der Waals surface area contributed by atoms with E-state index in [9.17, 15) is 0 Å². The Morgan fingerprint density at radius 2 is 1.44 bits per heavy atom. The maximum atomic E-state index is 3.56.